The van der Waals surface area contributed by atoms with Gasteiger partial charge in [0.25, 0.3) is 0 Å². The maximum absolute atomic E-state index is 5.71. The number of hydrogen-bond donors (Lipinski definition) is 3. The molecule has 0 heterocycles. The van der Waals surface area contributed by atoms with Gasteiger partial charge < -0.3 is 16.4 Å². The van der Waals surface area contributed by atoms with Gasteiger partial charge in [-0.3, -0.25) is 0 Å². The molecule has 0 aliphatic rings. The van der Waals surface area contributed by atoms with Gasteiger partial charge in [-0.2, -0.15) is 0 Å². The summed E-state index contributed by atoms with van der Waals surface area (Å²) in [5, 5.41) is 7.11. The smallest absolute Gasteiger partial charge is 0.170 e. The van der Waals surface area contributed by atoms with Crippen molar-refractivity contribution in [2.45, 2.75) is 12.3 Å². The third kappa shape index (κ3) is 5.07. The summed E-state index contributed by atoms with van der Waals surface area (Å²) >= 11 is 5.40. The van der Waals surface area contributed by atoms with Crippen LogP contribution in [0.4, 0.5) is 11.4 Å². The van der Waals surface area contributed by atoms with E-state index in [-0.39, 0.29) is 0 Å². The van der Waals surface area contributed by atoms with Crippen LogP contribution in [0.5, 0.6) is 0 Å². The van der Waals surface area contributed by atoms with Crippen LogP contribution in [-0.2, 0) is 0 Å². The Bertz CT molecular complexity index is 778. The summed E-state index contributed by atoms with van der Waals surface area (Å²) in [6.45, 7) is 0.787. The van der Waals surface area contributed by atoms with E-state index in [4.69, 9.17) is 18.0 Å². The lowest BCUT2D eigenvalue weighted by molar-refractivity contribution is 0.694. The monoisotopic (exact) mass is 361 g/mol. The molecule has 4 heteroatoms. The molecule has 3 aromatic carbocycles. The minimum Gasteiger partial charge on any atom is -0.399 e. The first-order valence-corrected chi connectivity index (χ1v) is 9.13. The summed E-state index contributed by atoms with van der Waals surface area (Å²) in [6, 6.07) is 28.7. The number of nitrogen functional groups attached to an aromatic ring is 1. The van der Waals surface area contributed by atoms with Crippen molar-refractivity contribution in [1.82, 2.24) is 5.32 Å². The van der Waals surface area contributed by atoms with E-state index >= 15 is 0 Å². The normalized spacial score (nSPS) is 10.5. The van der Waals surface area contributed by atoms with E-state index in [9.17, 15) is 0 Å². The lowest BCUT2D eigenvalue weighted by atomic mass is 9.88. The Morgan fingerprint density at radius 2 is 1.35 bits per heavy atom. The fourth-order valence-electron chi connectivity index (χ4n) is 2.97. The first-order chi connectivity index (χ1) is 12.7. The average molecular weight is 362 g/mol. The molecule has 3 aromatic rings. The highest BCUT2D eigenvalue weighted by Gasteiger charge is 2.13. The van der Waals surface area contributed by atoms with Crippen molar-refractivity contribution in [3.05, 3.63) is 96.1 Å². The second-order valence-corrected chi connectivity index (χ2v) is 6.57. The lowest BCUT2D eigenvalue weighted by Crippen LogP contribution is -2.30. The molecular formula is C22H23N3S. The minimum absolute atomic E-state index is 0.337. The topological polar surface area (TPSA) is 50.1 Å². The van der Waals surface area contributed by atoms with Gasteiger partial charge in [0.05, 0.1) is 0 Å². The highest BCUT2D eigenvalue weighted by Crippen LogP contribution is 2.27. The molecule has 0 fully saturated rings. The Hall–Kier alpha value is -2.85. The van der Waals surface area contributed by atoms with Gasteiger partial charge in [0.15, 0.2) is 5.11 Å². The van der Waals surface area contributed by atoms with Crippen molar-refractivity contribution < 1.29 is 0 Å². The van der Waals surface area contributed by atoms with Crippen molar-refractivity contribution in [2.75, 3.05) is 17.6 Å². The molecule has 0 saturated heterocycles. The molecule has 0 saturated carbocycles. The summed E-state index contributed by atoms with van der Waals surface area (Å²) in [7, 11) is 0. The summed E-state index contributed by atoms with van der Waals surface area (Å²) in [4.78, 5) is 0. The van der Waals surface area contributed by atoms with Gasteiger partial charge in [-0.25, -0.2) is 0 Å². The second kappa shape index (κ2) is 9.02. The molecule has 0 unspecified atom stereocenters. The van der Waals surface area contributed by atoms with Crippen LogP contribution in [0.1, 0.15) is 23.5 Å². The van der Waals surface area contributed by atoms with Crippen LogP contribution in [-0.4, -0.2) is 11.7 Å². The zero-order chi connectivity index (χ0) is 18.2. The highest BCUT2D eigenvalue weighted by molar-refractivity contribution is 7.80. The molecule has 0 bridgehead atoms. The van der Waals surface area contributed by atoms with Crippen LogP contribution < -0.4 is 16.4 Å². The van der Waals surface area contributed by atoms with Crippen molar-refractivity contribution in [2.24, 2.45) is 0 Å². The van der Waals surface area contributed by atoms with Gasteiger partial charge in [-0.05, 0) is 54.0 Å². The molecule has 0 aliphatic heterocycles. The molecule has 4 N–H and O–H groups in total. The Balaban J connectivity index is 1.59. The molecule has 26 heavy (non-hydrogen) atoms. The number of benzene rings is 3. The van der Waals surface area contributed by atoms with Crippen LogP contribution in [0.2, 0.25) is 0 Å². The zero-order valence-electron chi connectivity index (χ0n) is 14.6. The molecule has 3 rings (SSSR count). The molecule has 0 atom stereocenters. The third-order valence-electron chi connectivity index (χ3n) is 4.29. The van der Waals surface area contributed by atoms with Crippen LogP contribution >= 0.6 is 12.2 Å². The molecular weight excluding hydrogens is 338 g/mol. The zero-order valence-corrected chi connectivity index (χ0v) is 15.4. The minimum atomic E-state index is 0.337. The Labute approximate surface area is 160 Å². The van der Waals surface area contributed by atoms with E-state index in [1.165, 1.54) is 11.1 Å². The number of thiocarbonyl (C=S) groups is 1. The largest absolute Gasteiger partial charge is 0.399 e. The molecule has 0 amide bonds. The predicted octanol–water partition coefficient (Wildman–Crippen LogP) is 4.78. The summed E-state index contributed by atoms with van der Waals surface area (Å²) < 4.78 is 0. The van der Waals surface area contributed by atoms with Gasteiger partial charge in [0.2, 0.25) is 0 Å². The Kier molecular flexibility index (Phi) is 6.23. The summed E-state index contributed by atoms with van der Waals surface area (Å²) in [6.07, 6.45) is 0.956. The first kappa shape index (κ1) is 18.0. The molecule has 0 aromatic heterocycles. The first-order valence-electron chi connectivity index (χ1n) is 8.72. The fourth-order valence-corrected chi connectivity index (χ4v) is 3.19. The van der Waals surface area contributed by atoms with E-state index in [0.717, 1.165) is 24.3 Å². The van der Waals surface area contributed by atoms with Crippen LogP contribution in [0.3, 0.4) is 0 Å². The van der Waals surface area contributed by atoms with E-state index in [1.54, 1.807) is 0 Å². The number of anilines is 2. The summed E-state index contributed by atoms with van der Waals surface area (Å²) in [5.74, 6) is 0.337. The Morgan fingerprint density at radius 3 is 1.88 bits per heavy atom. The van der Waals surface area contributed by atoms with Gasteiger partial charge in [-0.1, -0.05) is 60.7 Å². The van der Waals surface area contributed by atoms with Crippen molar-refractivity contribution in [3.63, 3.8) is 0 Å². The van der Waals surface area contributed by atoms with Gasteiger partial charge in [0.1, 0.15) is 0 Å². The maximum Gasteiger partial charge on any atom is 0.170 e. The van der Waals surface area contributed by atoms with Gasteiger partial charge in [-0.15, -0.1) is 0 Å². The van der Waals surface area contributed by atoms with Crippen molar-refractivity contribution in [3.8, 4) is 0 Å². The van der Waals surface area contributed by atoms with Crippen LogP contribution in [0.25, 0.3) is 0 Å². The van der Waals surface area contributed by atoms with E-state index in [2.05, 4.69) is 71.3 Å². The molecule has 132 valence electrons. The fraction of sp³-hybridized carbons (Fsp3) is 0.136. The van der Waals surface area contributed by atoms with Crippen LogP contribution in [0, 0.1) is 0 Å². The van der Waals surface area contributed by atoms with Gasteiger partial charge >= 0.3 is 0 Å². The third-order valence-corrected chi connectivity index (χ3v) is 4.54. The Morgan fingerprint density at radius 1 is 0.808 bits per heavy atom. The highest BCUT2D eigenvalue weighted by atomic mass is 32.1. The van der Waals surface area contributed by atoms with E-state index < -0.39 is 0 Å². The van der Waals surface area contributed by atoms with E-state index in [1.807, 2.05) is 24.3 Å². The molecule has 3 nitrogen and oxygen atoms in total. The second-order valence-electron chi connectivity index (χ2n) is 6.17. The van der Waals surface area contributed by atoms with Crippen molar-refractivity contribution >= 4 is 28.7 Å². The molecule has 0 radical (unpaired) electrons. The van der Waals surface area contributed by atoms with Crippen molar-refractivity contribution in [1.29, 1.82) is 0 Å². The summed E-state index contributed by atoms with van der Waals surface area (Å²) in [5.41, 5.74) is 10.0. The maximum atomic E-state index is 5.71. The average Bonchev–Trinajstić information content (AvgIpc) is 2.68. The SMILES string of the molecule is Nc1ccc(NC(=S)NCCC(c2ccccc2)c2ccccc2)cc1. The molecule has 0 aliphatic carbocycles. The standard InChI is InChI=1S/C22H23N3S/c23-19-11-13-20(14-12-19)25-22(26)24-16-15-21(17-7-3-1-4-8-17)18-9-5-2-6-10-18/h1-14,21H,15-16,23H2,(H2,24,25,26). The number of nitrogens with two attached hydrogens (primary N) is 1. The van der Waals surface area contributed by atoms with Crippen LogP contribution in [0.15, 0.2) is 84.9 Å². The van der Waals surface area contributed by atoms with Gasteiger partial charge in [0, 0.05) is 23.8 Å². The number of hydrogen-bond acceptors (Lipinski definition) is 2. The predicted molar refractivity (Wildman–Crippen MR) is 114 cm³/mol. The molecule has 0 spiro atoms. The number of nitrogens with one attached hydrogen (secondary N) is 2. The quantitative estimate of drug-likeness (QED) is 0.437. The number of rotatable bonds is 6. The van der Waals surface area contributed by atoms with E-state index in [0.29, 0.717) is 11.0 Å². The lowest BCUT2D eigenvalue weighted by Gasteiger charge is -2.19.